The van der Waals surface area contributed by atoms with Crippen molar-refractivity contribution in [1.29, 1.82) is 0 Å². The third-order valence-electron chi connectivity index (χ3n) is 1.82. The van der Waals surface area contributed by atoms with Crippen molar-refractivity contribution < 1.29 is 23.1 Å². The second-order valence-corrected chi connectivity index (χ2v) is 5.84. The molecule has 0 spiro atoms. The summed E-state index contributed by atoms with van der Waals surface area (Å²) in [5.74, 6) is -1.26. The van der Waals surface area contributed by atoms with E-state index in [0.29, 0.717) is 0 Å². The molecule has 0 aliphatic rings. The summed E-state index contributed by atoms with van der Waals surface area (Å²) in [7, 11) is -0.367. The van der Waals surface area contributed by atoms with Gasteiger partial charge in [0.25, 0.3) is 0 Å². The van der Waals surface area contributed by atoms with Crippen molar-refractivity contribution in [3.63, 3.8) is 0 Å². The minimum atomic E-state index is -3.13. The van der Waals surface area contributed by atoms with Gasteiger partial charge in [-0.3, -0.25) is 4.79 Å². The van der Waals surface area contributed by atoms with Gasteiger partial charge in [-0.05, 0) is 0 Å². The standard InChI is InChI=1S/C8H16N2O5S/c1-9(4-5-16(3,14)15)8(13)10(2)6-7(11)12/h4-6H2,1-3H3,(H,11,12). The summed E-state index contributed by atoms with van der Waals surface area (Å²) in [6.45, 7) is -0.371. The molecule has 8 heteroatoms. The molecular weight excluding hydrogens is 236 g/mol. The summed E-state index contributed by atoms with van der Waals surface area (Å²) in [5.41, 5.74) is 0. The van der Waals surface area contributed by atoms with Gasteiger partial charge in [-0.15, -0.1) is 0 Å². The quantitative estimate of drug-likeness (QED) is 0.684. The van der Waals surface area contributed by atoms with Gasteiger partial charge < -0.3 is 14.9 Å². The number of likely N-dealkylation sites (N-methyl/N-ethyl adjacent to an activating group) is 1. The molecule has 0 radical (unpaired) electrons. The lowest BCUT2D eigenvalue weighted by atomic mass is 10.5. The first kappa shape index (κ1) is 14.7. The van der Waals surface area contributed by atoms with Crippen LogP contribution < -0.4 is 0 Å². The van der Waals surface area contributed by atoms with E-state index >= 15 is 0 Å². The average molecular weight is 252 g/mol. The largest absolute Gasteiger partial charge is 0.480 e. The zero-order chi connectivity index (χ0) is 12.9. The van der Waals surface area contributed by atoms with Gasteiger partial charge in [0.15, 0.2) is 0 Å². The highest BCUT2D eigenvalue weighted by molar-refractivity contribution is 7.90. The number of nitrogens with zero attached hydrogens (tertiary/aromatic N) is 2. The van der Waals surface area contributed by atoms with E-state index in [2.05, 4.69) is 0 Å². The van der Waals surface area contributed by atoms with E-state index in [1.54, 1.807) is 0 Å². The number of urea groups is 1. The van der Waals surface area contributed by atoms with Crippen LogP contribution in [0.25, 0.3) is 0 Å². The molecule has 2 amide bonds. The molecule has 0 heterocycles. The fraction of sp³-hybridized carbons (Fsp3) is 0.750. The molecule has 0 fully saturated rings. The number of carbonyl (C=O) groups is 2. The normalized spacial score (nSPS) is 10.9. The van der Waals surface area contributed by atoms with Crippen LogP contribution in [0.3, 0.4) is 0 Å². The first-order valence-corrected chi connectivity index (χ1v) is 6.55. The van der Waals surface area contributed by atoms with Gasteiger partial charge >= 0.3 is 12.0 Å². The molecule has 0 bridgehead atoms. The Morgan fingerprint density at radius 2 is 1.69 bits per heavy atom. The van der Waals surface area contributed by atoms with Crippen LogP contribution in [0.1, 0.15) is 0 Å². The molecule has 0 aromatic heterocycles. The van der Waals surface area contributed by atoms with E-state index < -0.39 is 28.4 Å². The Hall–Kier alpha value is -1.31. The van der Waals surface area contributed by atoms with E-state index in [1.165, 1.54) is 19.0 Å². The van der Waals surface area contributed by atoms with Gasteiger partial charge in [0.05, 0.1) is 5.75 Å². The fourth-order valence-corrected chi connectivity index (χ4v) is 1.57. The lowest BCUT2D eigenvalue weighted by Crippen LogP contribution is -2.42. The van der Waals surface area contributed by atoms with Gasteiger partial charge in [0.1, 0.15) is 16.4 Å². The van der Waals surface area contributed by atoms with Gasteiger partial charge in [0, 0.05) is 26.9 Å². The maximum atomic E-state index is 11.5. The molecule has 0 aromatic rings. The van der Waals surface area contributed by atoms with Gasteiger partial charge in [-0.2, -0.15) is 0 Å². The molecule has 0 aliphatic carbocycles. The number of sulfone groups is 1. The summed E-state index contributed by atoms with van der Waals surface area (Å²) >= 11 is 0. The van der Waals surface area contributed by atoms with Crippen molar-refractivity contribution in [2.24, 2.45) is 0 Å². The lowest BCUT2D eigenvalue weighted by Gasteiger charge is -2.23. The molecule has 16 heavy (non-hydrogen) atoms. The number of hydrogen-bond acceptors (Lipinski definition) is 4. The molecule has 7 nitrogen and oxygen atoms in total. The highest BCUT2D eigenvalue weighted by Gasteiger charge is 2.17. The molecule has 0 unspecified atom stereocenters. The third kappa shape index (κ3) is 6.23. The first-order chi connectivity index (χ1) is 7.13. The zero-order valence-electron chi connectivity index (χ0n) is 9.50. The molecule has 0 saturated heterocycles. The Kier molecular flexibility index (Phi) is 5.22. The minimum absolute atomic E-state index is 0.0433. The number of hydrogen-bond donors (Lipinski definition) is 1. The van der Waals surface area contributed by atoms with Crippen LogP contribution in [-0.2, 0) is 14.6 Å². The van der Waals surface area contributed by atoms with Crippen molar-refractivity contribution in [2.75, 3.05) is 39.2 Å². The molecule has 0 aliphatic heterocycles. The fourth-order valence-electron chi connectivity index (χ4n) is 0.960. The van der Waals surface area contributed by atoms with Crippen LogP contribution in [0.15, 0.2) is 0 Å². The minimum Gasteiger partial charge on any atom is -0.480 e. The SMILES string of the molecule is CN(CCS(C)(=O)=O)C(=O)N(C)CC(=O)O. The number of rotatable bonds is 5. The van der Waals surface area contributed by atoms with Crippen LogP contribution in [0.2, 0.25) is 0 Å². The van der Waals surface area contributed by atoms with Gasteiger partial charge in [-0.25, -0.2) is 13.2 Å². The summed E-state index contributed by atoms with van der Waals surface area (Å²) in [6.07, 6.45) is 1.08. The topological polar surface area (TPSA) is 95.0 Å². The van der Waals surface area contributed by atoms with Gasteiger partial charge in [0.2, 0.25) is 0 Å². The van der Waals surface area contributed by atoms with Crippen LogP contribution in [0.4, 0.5) is 4.79 Å². The van der Waals surface area contributed by atoms with Gasteiger partial charge in [-0.1, -0.05) is 0 Å². The predicted octanol–water partition coefficient (Wildman–Crippen LogP) is -0.901. The number of carbonyl (C=O) groups excluding carboxylic acids is 1. The molecule has 0 atom stereocenters. The summed E-state index contributed by atoms with van der Waals surface area (Å²) in [4.78, 5) is 24.0. The van der Waals surface area contributed by atoms with E-state index in [0.717, 1.165) is 11.2 Å². The molecular formula is C8H16N2O5S. The Morgan fingerprint density at radius 3 is 2.06 bits per heavy atom. The van der Waals surface area contributed by atoms with Crippen molar-refractivity contribution in [1.82, 2.24) is 9.80 Å². The average Bonchev–Trinajstić information content (AvgIpc) is 2.10. The summed E-state index contributed by atoms with van der Waals surface area (Å²) in [6, 6.07) is -0.522. The second-order valence-electron chi connectivity index (χ2n) is 3.58. The van der Waals surface area contributed by atoms with Crippen molar-refractivity contribution in [3.8, 4) is 0 Å². The molecule has 94 valence electrons. The molecule has 0 aromatic carbocycles. The monoisotopic (exact) mass is 252 g/mol. The Bertz CT molecular complexity index is 365. The predicted molar refractivity (Wildman–Crippen MR) is 58.0 cm³/mol. The summed E-state index contributed by atoms with van der Waals surface area (Å²) in [5, 5.41) is 8.47. The van der Waals surface area contributed by atoms with Crippen molar-refractivity contribution in [2.45, 2.75) is 0 Å². The molecule has 0 rings (SSSR count). The van der Waals surface area contributed by atoms with E-state index in [4.69, 9.17) is 5.11 Å². The first-order valence-electron chi connectivity index (χ1n) is 4.49. The Morgan fingerprint density at radius 1 is 1.19 bits per heavy atom. The van der Waals surface area contributed by atoms with Crippen LogP contribution in [0.5, 0.6) is 0 Å². The van der Waals surface area contributed by atoms with E-state index in [9.17, 15) is 18.0 Å². The number of amides is 2. The Labute approximate surface area is 94.6 Å². The van der Waals surface area contributed by atoms with Crippen LogP contribution in [0, 0.1) is 0 Å². The van der Waals surface area contributed by atoms with E-state index in [-0.39, 0.29) is 12.3 Å². The number of aliphatic carboxylic acids is 1. The second kappa shape index (κ2) is 5.69. The Balaban J connectivity index is 4.23. The van der Waals surface area contributed by atoms with E-state index in [1.807, 2.05) is 0 Å². The highest BCUT2D eigenvalue weighted by atomic mass is 32.2. The van der Waals surface area contributed by atoms with Crippen molar-refractivity contribution in [3.05, 3.63) is 0 Å². The smallest absolute Gasteiger partial charge is 0.323 e. The van der Waals surface area contributed by atoms with Crippen LogP contribution in [-0.4, -0.2) is 74.5 Å². The third-order valence-corrected chi connectivity index (χ3v) is 2.75. The highest BCUT2D eigenvalue weighted by Crippen LogP contribution is 1.95. The number of carboxylic acid groups (broad SMARTS) is 1. The summed E-state index contributed by atoms with van der Waals surface area (Å²) < 4.78 is 21.7. The lowest BCUT2D eigenvalue weighted by molar-refractivity contribution is -0.137. The molecule has 1 N–H and O–H groups in total. The zero-order valence-corrected chi connectivity index (χ0v) is 10.3. The molecule has 0 saturated carbocycles. The maximum absolute atomic E-state index is 11.5. The van der Waals surface area contributed by atoms with Crippen LogP contribution >= 0.6 is 0 Å². The maximum Gasteiger partial charge on any atom is 0.323 e. The van der Waals surface area contributed by atoms with Crippen molar-refractivity contribution >= 4 is 21.8 Å². The number of carboxylic acids is 1.